The van der Waals surface area contributed by atoms with Crippen molar-refractivity contribution in [1.82, 2.24) is 14.9 Å². The molecule has 2 heterocycles. The van der Waals surface area contributed by atoms with E-state index in [1.54, 1.807) is 4.90 Å². The quantitative estimate of drug-likeness (QED) is 0.854. The Hall–Kier alpha value is -1.94. The number of rotatable bonds is 2. The molecule has 21 heavy (non-hydrogen) atoms. The third-order valence-electron chi connectivity index (χ3n) is 3.61. The minimum absolute atomic E-state index is 0.138. The highest BCUT2D eigenvalue weighted by Gasteiger charge is 2.26. The first-order chi connectivity index (χ1) is 10.1. The lowest BCUT2D eigenvalue weighted by Crippen LogP contribution is -2.27. The summed E-state index contributed by atoms with van der Waals surface area (Å²) in [6.07, 6.45) is 1.51. The lowest BCUT2D eigenvalue weighted by atomic mass is 10.1. The van der Waals surface area contributed by atoms with Crippen LogP contribution in [-0.2, 0) is 13.1 Å². The molecular weight excluding hydrogens is 286 g/mol. The minimum atomic E-state index is -0.138. The summed E-state index contributed by atoms with van der Waals surface area (Å²) in [6.45, 7) is 5.19. The van der Waals surface area contributed by atoms with Crippen LogP contribution < -0.4 is 0 Å². The van der Waals surface area contributed by atoms with Gasteiger partial charge in [0.15, 0.2) is 5.69 Å². The topological polar surface area (TPSA) is 46.1 Å². The fourth-order valence-electron chi connectivity index (χ4n) is 2.44. The van der Waals surface area contributed by atoms with E-state index in [2.05, 4.69) is 9.97 Å². The van der Waals surface area contributed by atoms with Crippen molar-refractivity contribution >= 4 is 17.5 Å². The molecule has 2 aromatic rings. The van der Waals surface area contributed by atoms with Crippen molar-refractivity contribution in [3.63, 3.8) is 0 Å². The van der Waals surface area contributed by atoms with Gasteiger partial charge >= 0.3 is 0 Å². The summed E-state index contributed by atoms with van der Waals surface area (Å²) >= 11 is 6.11. The molecule has 0 fully saturated rings. The number of aromatic nitrogens is 2. The Balaban J connectivity index is 1.89. The average molecular weight is 302 g/mol. The Kier molecular flexibility index (Phi) is 3.64. The number of benzene rings is 1. The molecule has 0 aliphatic carbocycles. The molecule has 4 nitrogen and oxygen atoms in total. The normalized spacial score (nSPS) is 13.6. The van der Waals surface area contributed by atoms with Gasteiger partial charge in [0.25, 0.3) is 5.91 Å². The van der Waals surface area contributed by atoms with Crippen LogP contribution in [0.4, 0.5) is 0 Å². The Morgan fingerprint density at radius 3 is 2.43 bits per heavy atom. The number of amides is 1. The van der Waals surface area contributed by atoms with Crippen molar-refractivity contribution < 1.29 is 4.79 Å². The maximum Gasteiger partial charge on any atom is 0.274 e. The van der Waals surface area contributed by atoms with Gasteiger partial charge in [0.2, 0.25) is 0 Å². The highest BCUT2D eigenvalue weighted by Crippen LogP contribution is 2.25. The first-order valence-electron chi connectivity index (χ1n) is 6.94. The Morgan fingerprint density at radius 2 is 1.86 bits per heavy atom. The maximum atomic E-state index is 12.7. The Morgan fingerprint density at radius 1 is 1.24 bits per heavy atom. The molecule has 0 atom stereocenters. The fourth-order valence-corrected chi connectivity index (χ4v) is 2.61. The fraction of sp³-hybridized carbons (Fsp3) is 0.312. The van der Waals surface area contributed by atoms with Gasteiger partial charge in [-0.1, -0.05) is 49.7 Å². The van der Waals surface area contributed by atoms with Gasteiger partial charge in [-0.05, 0) is 11.1 Å². The zero-order chi connectivity index (χ0) is 15.0. The molecule has 0 spiro atoms. The van der Waals surface area contributed by atoms with Gasteiger partial charge < -0.3 is 4.90 Å². The number of halogens is 1. The molecule has 0 unspecified atom stereocenters. The molecule has 0 bridgehead atoms. The summed E-state index contributed by atoms with van der Waals surface area (Å²) < 4.78 is 0. The molecule has 108 valence electrons. The van der Waals surface area contributed by atoms with E-state index in [0.29, 0.717) is 29.6 Å². The monoisotopic (exact) mass is 301 g/mol. The van der Waals surface area contributed by atoms with Gasteiger partial charge in [0.1, 0.15) is 5.82 Å². The zero-order valence-corrected chi connectivity index (χ0v) is 12.8. The molecule has 1 aromatic carbocycles. The summed E-state index contributed by atoms with van der Waals surface area (Å²) in [7, 11) is 0. The average Bonchev–Trinajstić information content (AvgIpc) is 2.90. The number of hydrogen-bond acceptors (Lipinski definition) is 3. The predicted molar refractivity (Wildman–Crippen MR) is 81.2 cm³/mol. The second-order valence-corrected chi connectivity index (χ2v) is 5.92. The molecule has 0 radical (unpaired) electrons. The third kappa shape index (κ3) is 2.63. The first kappa shape index (κ1) is 14.0. The molecule has 1 aliphatic rings. The summed E-state index contributed by atoms with van der Waals surface area (Å²) in [5.74, 6) is 0.657. The smallest absolute Gasteiger partial charge is 0.274 e. The lowest BCUT2D eigenvalue weighted by Gasteiger charge is -2.16. The van der Waals surface area contributed by atoms with E-state index >= 15 is 0 Å². The van der Waals surface area contributed by atoms with Gasteiger partial charge in [-0.25, -0.2) is 9.97 Å². The lowest BCUT2D eigenvalue weighted by molar-refractivity contribution is 0.0745. The molecule has 0 N–H and O–H groups in total. The van der Waals surface area contributed by atoms with Crippen LogP contribution in [0, 0.1) is 0 Å². The van der Waals surface area contributed by atoms with Crippen LogP contribution in [0.3, 0.4) is 0 Å². The molecule has 1 aromatic heterocycles. The van der Waals surface area contributed by atoms with Crippen LogP contribution in [-0.4, -0.2) is 20.8 Å². The molecule has 3 rings (SSSR count). The Bertz CT molecular complexity index is 675. The van der Waals surface area contributed by atoms with E-state index in [4.69, 9.17) is 11.6 Å². The summed E-state index contributed by atoms with van der Waals surface area (Å²) in [4.78, 5) is 22.9. The second-order valence-electron chi connectivity index (χ2n) is 5.51. The molecule has 5 heteroatoms. The number of fused-ring (bicyclic) bond motifs is 1. The summed E-state index contributed by atoms with van der Waals surface area (Å²) in [5, 5.41) is 0.306. The van der Waals surface area contributed by atoms with E-state index in [1.807, 2.05) is 38.1 Å². The summed E-state index contributed by atoms with van der Waals surface area (Å²) in [6, 6.07) is 8.07. The van der Waals surface area contributed by atoms with Gasteiger partial charge in [-0.3, -0.25) is 4.79 Å². The number of carbonyl (C=O) groups excluding carboxylic acids is 1. The van der Waals surface area contributed by atoms with Crippen LogP contribution >= 0.6 is 11.6 Å². The van der Waals surface area contributed by atoms with E-state index in [1.165, 1.54) is 17.3 Å². The molecule has 0 saturated heterocycles. The largest absolute Gasteiger partial charge is 0.329 e. The van der Waals surface area contributed by atoms with E-state index in [-0.39, 0.29) is 11.8 Å². The van der Waals surface area contributed by atoms with Crippen molar-refractivity contribution in [1.29, 1.82) is 0 Å². The van der Waals surface area contributed by atoms with Crippen LogP contribution in [0.5, 0.6) is 0 Å². The second kappa shape index (κ2) is 5.45. The van der Waals surface area contributed by atoms with Gasteiger partial charge in [-0.2, -0.15) is 0 Å². The van der Waals surface area contributed by atoms with Gasteiger partial charge in [0, 0.05) is 19.0 Å². The van der Waals surface area contributed by atoms with Crippen molar-refractivity contribution in [2.24, 2.45) is 0 Å². The van der Waals surface area contributed by atoms with Crippen LogP contribution in [0.1, 0.15) is 47.2 Å². The number of carbonyl (C=O) groups is 1. The first-order valence-corrected chi connectivity index (χ1v) is 7.32. The van der Waals surface area contributed by atoms with Crippen LogP contribution in [0.2, 0.25) is 5.02 Å². The van der Waals surface area contributed by atoms with Gasteiger partial charge in [0.05, 0.1) is 11.2 Å². The Labute approximate surface area is 128 Å². The predicted octanol–water partition coefficient (Wildman–Crippen LogP) is 3.41. The van der Waals surface area contributed by atoms with Gasteiger partial charge in [-0.15, -0.1) is 0 Å². The van der Waals surface area contributed by atoms with E-state index in [9.17, 15) is 4.79 Å². The standard InChI is InChI=1S/C16H16ClN3O/c1-10(2)15-18-7-13(17)14(19-15)16(21)20-8-11-5-3-4-6-12(11)9-20/h3-7,10H,8-9H2,1-2H3. The van der Waals surface area contributed by atoms with Crippen LogP contribution in [0.25, 0.3) is 0 Å². The van der Waals surface area contributed by atoms with E-state index < -0.39 is 0 Å². The minimum Gasteiger partial charge on any atom is -0.329 e. The van der Waals surface area contributed by atoms with Crippen molar-refractivity contribution in [2.75, 3.05) is 0 Å². The van der Waals surface area contributed by atoms with Crippen molar-refractivity contribution in [2.45, 2.75) is 32.9 Å². The molecular formula is C16H16ClN3O. The highest BCUT2D eigenvalue weighted by molar-refractivity contribution is 6.33. The number of hydrogen-bond donors (Lipinski definition) is 0. The van der Waals surface area contributed by atoms with Crippen molar-refractivity contribution in [3.8, 4) is 0 Å². The zero-order valence-electron chi connectivity index (χ0n) is 12.0. The maximum absolute atomic E-state index is 12.7. The van der Waals surface area contributed by atoms with Crippen molar-refractivity contribution in [3.05, 3.63) is 58.1 Å². The molecule has 0 saturated carbocycles. The van der Waals surface area contributed by atoms with E-state index in [0.717, 1.165) is 0 Å². The molecule has 1 aliphatic heterocycles. The highest BCUT2D eigenvalue weighted by atomic mass is 35.5. The SMILES string of the molecule is CC(C)c1ncc(Cl)c(C(=O)N2Cc3ccccc3C2)n1. The molecule has 1 amide bonds. The summed E-state index contributed by atoms with van der Waals surface area (Å²) in [5.41, 5.74) is 2.66. The van der Waals surface area contributed by atoms with Crippen LogP contribution in [0.15, 0.2) is 30.5 Å². The number of nitrogens with zero attached hydrogens (tertiary/aromatic N) is 3. The third-order valence-corrected chi connectivity index (χ3v) is 3.89.